The van der Waals surface area contributed by atoms with Crippen molar-refractivity contribution in [1.82, 2.24) is 9.62 Å². The monoisotopic (exact) mass is 410 g/mol. The molecule has 0 aliphatic heterocycles. The van der Waals surface area contributed by atoms with Gasteiger partial charge in [0.1, 0.15) is 22.2 Å². The fraction of sp³-hybridized carbons (Fsp3) is 0.316. The summed E-state index contributed by atoms with van der Waals surface area (Å²) in [7, 11) is -0.0236. The molecule has 2 rings (SSSR count). The number of likely N-dealkylation sites (N-methyl/N-ethyl adjacent to an activating group) is 1. The summed E-state index contributed by atoms with van der Waals surface area (Å²) in [5.74, 6) is -0.521. The lowest BCUT2D eigenvalue weighted by Gasteiger charge is -2.20. The minimum atomic E-state index is -4.12. The van der Waals surface area contributed by atoms with Crippen LogP contribution in [-0.4, -0.2) is 46.4 Å². The summed E-state index contributed by atoms with van der Waals surface area (Å²) in [6.45, 7) is 1.35. The van der Waals surface area contributed by atoms with Crippen LogP contribution in [0.3, 0.4) is 0 Å². The molecule has 28 heavy (non-hydrogen) atoms. The summed E-state index contributed by atoms with van der Waals surface area (Å²) in [4.78, 5) is 12.0. The van der Waals surface area contributed by atoms with Crippen LogP contribution in [0.4, 0.5) is 4.39 Å². The molecule has 2 aromatic carbocycles. The SMILES string of the molecule is COc1ccc([C@H](C)NC(=O)CN(C)S(=O)(=O)c2cc(F)ccc2OC)cc1. The van der Waals surface area contributed by atoms with E-state index < -0.39 is 28.3 Å². The van der Waals surface area contributed by atoms with Gasteiger partial charge in [0.15, 0.2) is 0 Å². The molecule has 1 atom stereocenters. The molecule has 9 heteroatoms. The number of benzene rings is 2. The van der Waals surface area contributed by atoms with Gasteiger partial charge in [0.05, 0.1) is 26.8 Å². The first-order chi connectivity index (χ1) is 13.2. The maximum atomic E-state index is 13.5. The van der Waals surface area contributed by atoms with Gasteiger partial charge in [-0.25, -0.2) is 12.8 Å². The Morgan fingerprint density at radius 2 is 1.79 bits per heavy atom. The number of carbonyl (C=O) groups is 1. The van der Waals surface area contributed by atoms with E-state index in [2.05, 4.69) is 5.32 Å². The third-order valence-corrected chi connectivity index (χ3v) is 6.00. The van der Waals surface area contributed by atoms with Crippen molar-refractivity contribution >= 4 is 15.9 Å². The van der Waals surface area contributed by atoms with Crippen LogP contribution in [0.2, 0.25) is 0 Å². The van der Waals surface area contributed by atoms with Crippen LogP contribution in [0, 0.1) is 5.82 Å². The fourth-order valence-electron chi connectivity index (χ4n) is 2.57. The van der Waals surface area contributed by atoms with Crippen LogP contribution in [0.15, 0.2) is 47.4 Å². The van der Waals surface area contributed by atoms with Crippen molar-refractivity contribution < 1.29 is 27.1 Å². The van der Waals surface area contributed by atoms with Gasteiger partial charge in [0.25, 0.3) is 0 Å². The Hall–Kier alpha value is -2.65. The highest BCUT2D eigenvalue weighted by atomic mass is 32.2. The van der Waals surface area contributed by atoms with Gasteiger partial charge in [0, 0.05) is 7.05 Å². The largest absolute Gasteiger partial charge is 0.497 e. The van der Waals surface area contributed by atoms with Gasteiger partial charge < -0.3 is 14.8 Å². The van der Waals surface area contributed by atoms with Crippen molar-refractivity contribution in [3.8, 4) is 11.5 Å². The van der Waals surface area contributed by atoms with Gasteiger partial charge in [0.2, 0.25) is 15.9 Å². The average molecular weight is 410 g/mol. The maximum absolute atomic E-state index is 13.5. The third-order valence-electron chi connectivity index (χ3n) is 4.17. The molecule has 0 fully saturated rings. The van der Waals surface area contributed by atoms with Crippen molar-refractivity contribution in [3.63, 3.8) is 0 Å². The van der Waals surface area contributed by atoms with Crippen LogP contribution in [0.5, 0.6) is 11.5 Å². The van der Waals surface area contributed by atoms with Crippen molar-refractivity contribution in [2.24, 2.45) is 0 Å². The third kappa shape index (κ3) is 4.99. The van der Waals surface area contributed by atoms with Gasteiger partial charge >= 0.3 is 0 Å². The minimum Gasteiger partial charge on any atom is -0.497 e. The van der Waals surface area contributed by atoms with E-state index in [0.29, 0.717) is 5.75 Å². The molecule has 0 saturated carbocycles. The van der Waals surface area contributed by atoms with Crippen molar-refractivity contribution in [1.29, 1.82) is 0 Å². The molecule has 0 aliphatic rings. The molecule has 0 heterocycles. The van der Waals surface area contributed by atoms with Gasteiger partial charge in [-0.1, -0.05) is 12.1 Å². The molecule has 0 saturated heterocycles. The Bertz CT molecular complexity index is 932. The van der Waals surface area contributed by atoms with E-state index in [0.717, 1.165) is 22.0 Å². The van der Waals surface area contributed by atoms with Crippen molar-refractivity contribution in [3.05, 3.63) is 53.8 Å². The van der Waals surface area contributed by atoms with Crippen LogP contribution < -0.4 is 14.8 Å². The fourth-order valence-corrected chi connectivity index (χ4v) is 3.86. The number of carbonyl (C=O) groups excluding carboxylic acids is 1. The van der Waals surface area contributed by atoms with E-state index in [4.69, 9.17) is 9.47 Å². The number of hydrogen-bond acceptors (Lipinski definition) is 5. The summed E-state index contributed by atoms with van der Waals surface area (Å²) in [6, 6.07) is 10.0. The van der Waals surface area contributed by atoms with Crippen molar-refractivity contribution in [2.45, 2.75) is 17.9 Å². The molecule has 0 spiro atoms. The van der Waals surface area contributed by atoms with Crippen LogP contribution in [0.25, 0.3) is 0 Å². The van der Waals surface area contributed by atoms with E-state index in [1.165, 1.54) is 20.2 Å². The molecule has 0 aliphatic carbocycles. The molecule has 7 nitrogen and oxygen atoms in total. The lowest BCUT2D eigenvalue weighted by Crippen LogP contribution is -2.39. The van der Waals surface area contributed by atoms with Crippen LogP contribution in [-0.2, 0) is 14.8 Å². The number of ether oxygens (including phenoxy) is 2. The lowest BCUT2D eigenvalue weighted by molar-refractivity contribution is -0.121. The molecular weight excluding hydrogens is 387 g/mol. The van der Waals surface area contributed by atoms with Gasteiger partial charge in [-0.3, -0.25) is 4.79 Å². The number of sulfonamides is 1. The minimum absolute atomic E-state index is 0.000240. The molecule has 2 aromatic rings. The number of nitrogens with one attached hydrogen (secondary N) is 1. The van der Waals surface area contributed by atoms with E-state index >= 15 is 0 Å². The Morgan fingerprint density at radius 1 is 1.14 bits per heavy atom. The summed E-state index contributed by atoms with van der Waals surface area (Å²) in [5.41, 5.74) is 0.839. The zero-order valence-electron chi connectivity index (χ0n) is 16.1. The predicted molar refractivity (Wildman–Crippen MR) is 102 cm³/mol. The molecule has 1 N–H and O–H groups in total. The molecule has 1 amide bonds. The first kappa shape index (κ1) is 21.6. The number of methoxy groups -OCH3 is 2. The Labute approximate surface area is 164 Å². The maximum Gasteiger partial charge on any atom is 0.247 e. The smallest absolute Gasteiger partial charge is 0.247 e. The first-order valence-electron chi connectivity index (χ1n) is 8.42. The van der Waals surface area contributed by atoms with E-state index in [1.807, 2.05) is 12.1 Å². The van der Waals surface area contributed by atoms with E-state index in [-0.39, 0.29) is 16.7 Å². The molecule has 0 radical (unpaired) electrons. The van der Waals surface area contributed by atoms with E-state index in [9.17, 15) is 17.6 Å². The van der Waals surface area contributed by atoms with Gasteiger partial charge in [-0.05, 0) is 42.8 Å². The summed E-state index contributed by atoms with van der Waals surface area (Å²) in [5, 5.41) is 2.74. The molecule has 152 valence electrons. The van der Waals surface area contributed by atoms with Gasteiger partial charge in [-0.15, -0.1) is 0 Å². The topological polar surface area (TPSA) is 84.9 Å². The molecule has 0 bridgehead atoms. The predicted octanol–water partition coefficient (Wildman–Crippen LogP) is 2.34. The Morgan fingerprint density at radius 3 is 2.36 bits per heavy atom. The summed E-state index contributed by atoms with van der Waals surface area (Å²) >= 11 is 0. The number of hydrogen-bond donors (Lipinski definition) is 1. The first-order valence-corrected chi connectivity index (χ1v) is 9.86. The van der Waals surface area contributed by atoms with E-state index in [1.54, 1.807) is 26.2 Å². The standard InChI is InChI=1S/C19H23FN2O5S/c1-13(14-5-8-16(26-3)9-6-14)21-19(23)12-22(2)28(24,25)18-11-15(20)7-10-17(18)27-4/h5-11,13H,12H2,1-4H3,(H,21,23)/t13-/m0/s1. The lowest BCUT2D eigenvalue weighted by atomic mass is 10.1. The highest BCUT2D eigenvalue weighted by Gasteiger charge is 2.27. The molecular formula is C19H23FN2O5S. The van der Waals surface area contributed by atoms with Crippen LogP contribution >= 0.6 is 0 Å². The molecule has 0 aromatic heterocycles. The highest BCUT2D eigenvalue weighted by Crippen LogP contribution is 2.27. The van der Waals surface area contributed by atoms with Crippen molar-refractivity contribution in [2.75, 3.05) is 27.8 Å². The number of nitrogens with zero attached hydrogens (tertiary/aromatic N) is 1. The average Bonchev–Trinajstić information content (AvgIpc) is 2.67. The number of halogens is 1. The number of rotatable bonds is 8. The van der Waals surface area contributed by atoms with Crippen LogP contribution in [0.1, 0.15) is 18.5 Å². The van der Waals surface area contributed by atoms with Gasteiger partial charge in [-0.2, -0.15) is 4.31 Å². The normalized spacial score (nSPS) is 12.5. The quantitative estimate of drug-likeness (QED) is 0.722. The zero-order valence-corrected chi connectivity index (χ0v) is 16.9. The summed E-state index contributed by atoms with van der Waals surface area (Å²) < 4.78 is 49.9. The second-order valence-corrected chi connectivity index (χ2v) is 8.13. The second kappa shape index (κ2) is 9.03. The number of amides is 1. The molecule has 0 unspecified atom stereocenters. The Balaban J connectivity index is 2.09. The summed E-state index contributed by atoms with van der Waals surface area (Å²) in [6.07, 6.45) is 0. The highest BCUT2D eigenvalue weighted by molar-refractivity contribution is 7.89. The second-order valence-electron chi connectivity index (χ2n) is 6.12. The Kier molecular flexibility index (Phi) is 6.98. The zero-order chi connectivity index (χ0) is 20.9.